The van der Waals surface area contributed by atoms with Crippen molar-refractivity contribution < 1.29 is 9.59 Å². The van der Waals surface area contributed by atoms with Crippen LogP contribution in [0.3, 0.4) is 0 Å². The minimum absolute atomic E-state index is 0.0626. The summed E-state index contributed by atoms with van der Waals surface area (Å²) in [6.07, 6.45) is 3.68. The summed E-state index contributed by atoms with van der Waals surface area (Å²) in [4.78, 5) is 38.4. The minimum atomic E-state index is -0.595. The molecule has 0 aliphatic carbocycles. The number of carbonyl (C=O) groups is 2. The van der Waals surface area contributed by atoms with Crippen LogP contribution in [0, 0.1) is 0 Å². The van der Waals surface area contributed by atoms with Gasteiger partial charge in [-0.25, -0.2) is 0 Å². The van der Waals surface area contributed by atoms with Gasteiger partial charge >= 0.3 is 0 Å². The molecule has 150 valence electrons. The average molecular weight is 430 g/mol. The third-order valence-corrected chi connectivity index (χ3v) is 5.58. The monoisotopic (exact) mass is 429 g/mol. The number of hydrogen-bond donors (Lipinski definition) is 2. The summed E-state index contributed by atoms with van der Waals surface area (Å²) in [5.41, 5.74) is 0.393. The largest absolute Gasteiger partial charge is 0.355 e. The number of carbonyl (C=O) groups excluding carboxylic acids is 2. The minimum Gasteiger partial charge on any atom is -0.355 e. The molecule has 0 aliphatic heterocycles. The Balaban J connectivity index is 1.84. The molecule has 2 heterocycles. The number of rotatable bonds is 7. The average Bonchev–Trinajstić information content (AvgIpc) is 3.16. The Morgan fingerprint density at radius 1 is 1.03 bits per heavy atom. The second kappa shape index (κ2) is 9.54. The summed E-state index contributed by atoms with van der Waals surface area (Å²) in [5, 5.41) is 5.18. The smallest absolute Gasteiger partial charge is 0.257 e. The Morgan fingerprint density at radius 3 is 2.34 bits per heavy atom. The van der Waals surface area contributed by atoms with Gasteiger partial charge in [0.1, 0.15) is 11.1 Å². The quantitative estimate of drug-likeness (QED) is 0.605. The van der Waals surface area contributed by atoms with E-state index in [4.69, 9.17) is 11.6 Å². The third-order valence-electron chi connectivity index (χ3n) is 4.35. The van der Waals surface area contributed by atoms with E-state index in [0.717, 1.165) is 10.4 Å². The number of thiophene rings is 1. The van der Waals surface area contributed by atoms with Crippen LogP contribution in [0.2, 0.25) is 4.34 Å². The van der Waals surface area contributed by atoms with Gasteiger partial charge in [0.2, 0.25) is 5.43 Å². The molecule has 2 aromatic heterocycles. The lowest BCUT2D eigenvalue weighted by atomic mass is 10.1. The number of benzene rings is 1. The maximum absolute atomic E-state index is 12.7. The topological polar surface area (TPSA) is 80.2 Å². The van der Waals surface area contributed by atoms with Crippen LogP contribution in [0.5, 0.6) is 0 Å². The zero-order chi connectivity index (χ0) is 20.8. The molecule has 0 spiro atoms. The molecule has 0 saturated heterocycles. The molecule has 29 heavy (non-hydrogen) atoms. The fourth-order valence-electron chi connectivity index (χ4n) is 2.83. The molecule has 3 aromatic rings. The van der Waals surface area contributed by atoms with Gasteiger partial charge in [0.25, 0.3) is 11.8 Å². The van der Waals surface area contributed by atoms with E-state index in [1.54, 1.807) is 10.6 Å². The van der Waals surface area contributed by atoms with Crippen molar-refractivity contribution >= 4 is 34.8 Å². The summed E-state index contributed by atoms with van der Waals surface area (Å²) in [6.45, 7) is 0.777. The highest BCUT2D eigenvalue weighted by Gasteiger charge is 2.18. The molecule has 0 bridgehead atoms. The normalized spacial score (nSPS) is 10.6. The second-order valence-corrected chi connectivity index (χ2v) is 8.16. The van der Waals surface area contributed by atoms with Crippen LogP contribution in [-0.2, 0) is 19.5 Å². The predicted molar refractivity (Wildman–Crippen MR) is 115 cm³/mol. The Hall–Kier alpha value is -2.90. The zero-order valence-electron chi connectivity index (χ0n) is 15.8. The van der Waals surface area contributed by atoms with Gasteiger partial charge in [-0.3, -0.25) is 14.4 Å². The molecular formula is C21H20ClN3O3S. The number of pyridine rings is 1. The summed E-state index contributed by atoms with van der Waals surface area (Å²) >= 11 is 7.26. The maximum Gasteiger partial charge on any atom is 0.257 e. The van der Waals surface area contributed by atoms with Gasteiger partial charge < -0.3 is 15.2 Å². The number of hydrogen-bond acceptors (Lipinski definition) is 4. The molecular weight excluding hydrogens is 410 g/mol. The molecule has 1 aromatic carbocycles. The molecule has 2 N–H and O–H groups in total. The summed E-state index contributed by atoms with van der Waals surface area (Å²) in [5.74, 6) is -1.05. The van der Waals surface area contributed by atoms with Crippen molar-refractivity contribution in [3.05, 3.63) is 91.0 Å². The van der Waals surface area contributed by atoms with Crippen LogP contribution in [0.4, 0.5) is 0 Å². The lowest BCUT2D eigenvalue weighted by Crippen LogP contribution is -2.34. The van der Waals surface area contributed by atoms with Crippen molar-refractivity contribution in [2.45, 2.75) is 19.5 Å². The van der Waals surface area contributed by atoms with Crippen LogP contribution in [0.1, 0.15) is 31.2 Å². The lowest BCUT2D eigenvalue weighted by Gasteiger charge is -2.12. The highest BCUT2D eigenvalue weighted by Crippen LogP contribution is 2.21. The van der Waals surface area contributed by atoms with Gasteiger partial charge in [-0.15, -0.1) is 11.3 Å². The van der Waals surface area contributed by atoms with Gasteiger partial charge in [0.05, 0.1) is 10.9 Å². The van der Waals surface area contributed by atoms with E-state index < -0.39 is 17.2 Å². The Morgan fingerprint density at radius 2 is 1.72 bits per heavy atom. The molecule has 0 radical (unpaired) electrons. The second-order valence-electron chi connectivity index (χ2n) is 6.36. The van der Waals surface area contributed by atoms with Crippen molar-refractivity contribution in [2.75, 3.05) is 7.05 Å². The van der Waals surface area contributed by atoms with Crippen molar-refractivity contribution in [3.8, 4) is 0 Å². The maximum atomic E-state index is 12.7. The molecule has 0 atom stereocenters. The van der Waals surface area contributed by atoms with Crippen molar-refractivity contribution in [1.29, 1.82) is 0 Å². The molecule has 2 amide bonds. The standard InChI is InChI=1S/C21H20ClN3O3S/c1-23-20(27)16-12-25(10-9-14-5-3-2-4-6-14)13-17(19(16)26)21(28)24-11-15-7-8-18(22)29-15/h2-8,12-13H,9-11H2,1H3,(H,23,27)(H,24,28). The number of halogens is 1. The van der Waals surface area contributed by atoms with E-state index in [1.165, 1.54) is 30.8 Å². The van der Waals surface area contributed by atoms with Gasteiger partial charge in [0, 0.05) is 30.9 Å². The SMILES string of the molecule is CNC(=O)c1cn(CCc2ccccc2)cc(C(=O)NCc2ccc(Cl)s2)c1=O. The van der Waals surface area contributed by atoms with Crippen LogP contribution < -0.4 is 16.1 Å². The van der Waals surface area contributed by atoms with Gasteiger partial charge in [-0.1, -0.05) is 41.9 Å². The Labute approximate surface area is 177 Å². The summed E-state index contributed by atoms with van der Waals surface area (Å²) in [7, 11) is 1.45. The van der Waals surface area contributed by atoms with Crippen LogP contribution >= 0.6 is 22.9 Å². The summed E-state index contributed by atoms with van der Waals surface area (Å²) in [6, 6.07) is 13.4. The molecule has 8 heteroatoms. The van der Waals surface area contributed by atoms with E-state index >= 15 is 0 Å². The van der Waals surface area contributed by atoms with E-state index in [2.05, 4.69) is 10.6 Å². The molecule has 6 nitrogen and oxygen atoms in total. The first kappa shape index (κ1) is 20.8. The highest BCUT2D eigenvalue weighted by atomic mass is 35.5. The van der Waals surface area contributed by atoms with Crippen LogP contribution in [0.25, 0.3) is 0 Å². The number of aryl methyl sites for hydroxylation is 2. The lowest BCUT2D eigenvalue weighted by molar-refractivity contribution is 0.0949. The van der Waals surface area contributed by atoms with Crippen molar-refractivity contribution in [1.82, 2.24) is 15.2 Å². The van der Waals surface area contributed by atoms with Crippen molar-refractivity contribution in [3.63, 3.8) is 0 Å². The number of nitrogens with one attached hydrogen (secondary N) is 2. The molecule has 0 saturated carbocycles. The van der Waals surface area contributed by atoms with E-state index in [1.807, 2.05) is 36.4 Å². The van der Waals surface area contributed by atoms with Gasteiger partial charge in [-0.05, 0) is 24.1 Å². The Kier molecular flexibility index (Phi) is 6.85. The van der Waals surface area contributed by atoms with Gasteiger partial charge in [0.15, 0.2) is 0 Å². The number of aromatic nitrogens is 1. The Bertz CT molecular complexity index is 1080. The predicted octanol–water partition coefficient (Wildman–Crippen LogP) is 3.10. The number of amides is 2. The molecule has 3 rings (SSSR count). The molecule has 0 unspecified atom stereocenters. The van der Waals surface area contributed by atoms with Crippen LogP contribution in [0.15, 0.2) is 59.7 Å². The van der Waals surface area contributed by atoms with E-state index in [9.17, 15) is 14.4 Å². The first-order valence-electron chi connectivity index (χ1n) is 9.00. The summed E-state index contributed by atoms with van der Waals surface area (Å²) < 4.78 is 2.33. The number of nitrogens with zero attached hydrogens (tertiary/aromatic N) is 1. The molecule has 0 aliphatic rings. The van der Waals surface area contributed by atoms with Crippen molar-refractivity contribution in [2.24, 2.45) is 0 Å². The fourth-order valence-corrected chi connectivity index (χ4v) is 3.86. The zero-order valence-corrected chi connectivity index (χ0v) is 17.3. The highest BCUT2D eigenvalue weighted by molar-refractivity contribution is 7.16. The van der Waals surface area contributed by atoms with Crippen LogP contribution in [-0.4, -0.2) is 23.4 Å². The fraction of sp³-hybridized carbons (Fsp3) is 0.190. The first-order chi connectivity index (χ1) is 14.0. The molecule has 0 fully saturated rings. The first-order valence-corrected chi connectivity index (χ1v) is 10.2. The van der Waals surface area contributed by atoms with Gasteiger partial charge in [-0.2, -0.15) is 0 Å². The van der Waals surface area contributed by atoms with E-state index in [-0.39, 0.29) is 17.7 Å². The van der Waals surface area contributed by atoms with E-state index in [0.29, 0.717) is 17.3 Å². The third kappa shape index (κ3) is 5.34.